The molecule has 3 saturated heterocycles. The molecule has 2 aromatic carbocycles. The zero-order valence-corrected chi connectivity index (χ0v) is 36.5. The second kappa shape index (κ2) is 21.3. The minimum absolute atomic E-state index is 0.00285. The third-order valence-corrected chi connectivity index (χ3v) is 12.0. The molecular formula is C46H62FN7O8. The number of H-pyrrole nitrogens is 1. The van der Waals surface area contributed by atoms with Crippen LogP contribution in [0.1, 0.15) is 94.3 Å². The second-order valence-electron chi connectivity index (χ2n) is 17.7. The van der Waals surface area contributed by atoms with Crippen LogP contribution >= 0.6 is 0 Å². The van der Waals surface area contributed by atoms with Crippen molar-refractivity contribution in [3.05, 3.63) is 75.5 Å². The number of aromatic nitrogens is 2. The minimum Gasteiger partial charge on any atom is -0.442 e. The van der Waals surface area contributed by atoms with Crippen molar-refractivity contribution >= 4 is 40.8 Å². The first kappa shape index (κ1) is 46.4. The summed E-state index contributed by atoms with van der Waals surface area (Å²) >= 11 is 0. The Labute approximate surface area is 362 Å². The van der Waals surface area contributed by atoms with Crippen LogP contribution in [0.2, 0.25) is 0 Å². The standard InChI is InChI=1S/C46H62FN7O8/c1-5-8-32(17-26-55)38(29-48-45(60)62-46(2,3)4)44(59)53-20-15-34(16-21-53)61-33-13-18-51(19-14-33)30-41(56)52-22-24-54(25-23-52)43(58)37-27-31(11-12-39(37)47)28-40-35-9-6-7-10-36(35)42(57)50-49-40/h6-7,9-12,27,29,32-34,38,55H,5,8,13-26,28,30H2,1-4H3,(H,50,57)/b48-29+. The lowest BCUT2D eigenvalue weighted by Crippen LogP contribution is -2.53. The van der Waals surface area contributed by atoms with Crippen molar-refractivity contribution in [2.24, 2.45) is 16.8 Å². The third-order valence-electron chi connectivity index (χ3n) is 12.0. The molecule has 3 fully saturated rings. The average Bonchev–Trinajstić information content (AvgIpc) is 3.25. The number of nitrogens with one attached hydrogen (secondary N) is 1. The summed E-state index contributed by atoms with van der Waals surface area (Å²) in [6.07, 6.45) is 5.99. The summed E-state index contributed by atoms with van der Waals surface area (Å²) in [5.41, 5.74) is 0.273. The predicted molar refractivity (Wildman–Crippen MR) is 233 cm³/mol. The van der Waals surface area contributed by atoms with Gasteiger partial charge in [0.2, 0.25) is 11.8 Å². The number of halogens is 1. The van der Waals surface area contributed by atoms with Gasteiger partial charge >= 0.3 is 6.09 Å². The average molecular weight is 860 g/mol. The predicted octanol–water partition coefficient (Wildman–Crippen LogP) is 4.83. The summed E-state index contributed by atoms with van der Waals surface area (Å²) < 4.78 is 26.9. The normalized spacial score (nSPS) is 18.3. The van der Waals surface area contributed by atoms with E-state index in [1.54, 1.807) is 54.8 Å². The highest BCUT2D eigenvalue weighted by Crippen LogP contribution is 2.27. The van der Waals surface area contributed by atoms with Gasteiger partial charge in [0.05, 0.1) is 41.3 Å². The number of fused-ring (bicyclic) bond motifs is 1. The molecule has 62 heavy (non-hydrogen) atoms. The van der Waals surface area contributed by atoms with Crippen LogP contribution in [0.3, 0.4) is 0 Å². The van der Waals surface area contributed by atoms with Crippen LogP contribution in [0.15, 0.2) is 52.3 Å². The number of carbonyl (C=O) groups is 4. The Morgan fingerprint density at radius 1 is 0.903 bits per heavy atom. The number of aliphatic hydroxyl groups is 1. The summed E-state index contributed by atoms with van der Waals surface area (Å²) in [4.78, 5) is 76.6. The molecule has 336 valence electrons. The van der Waals surface area contributed by atoms with E-state index in [9.17, 15) is 29.1 Å². The van der Waals surface area contributed by atoms with E-state index in [2.05, 4.69) is 20.1 Å². The topological polar surface area (TPSA) is 178 Å². The largest absolute Gasteiger partial charge is 0.442 e. The van der Waals surface area contributed by atoms with Crippen LogP contribution in [-0.2, 0) is 25.5 Å². The van der Waals surface area contributed by atoms with Crippen molar-refractivity contribution in [1.82, 2.24) is 29.8 Å². The van der Waals surface area contributed by atoms with Gasteiger partial charge in [-0.3, -0.25) is 24.1 Å². The number of aliphatic imine (C=N–C) groups is 1. The van der Waals surface area contributed by atoms with E-state index in [4.69, 9.17) is 9.47 Å². The lowest BCUT2D eigenvalue weighted by atomic mass is 9.85. The second-order valence-corrected chi connectivity index (χ2v) is 17.7. The van der Waals surface area contributed by atoms with E-state index in [1.165, 1.54) is 12.3 Å². The number of aliphatic hydroxyl groups excluding tert-OH is 1. The Hall–Kier alpha value is -5.06. The van der Waals surface area contributed by atoms with Gasteiger partial charge in [-0.1, -0.05) is 37.6 Å². The van der Waals surface area contributed by atoms with Gasteiger partial charge in [-0.25, -0.2) is 14.3 Å². The summed E-state index contributed by atoms with van der Waals surface area (Å²) in [6.45, 7) is 11.3. The minimum atomic E-state index is -0.740. The zero-order chi connectivity index (χ0) is 44.4. The lowest BCUT2D eigenvalue weighted by molar-refractivity contribution is -0.140. The number of piperidine rings is 2. The molecule has 0 bridgehead atoms. The number of benzene rings is 2. The number of amides is 4. The number of rotatable bonds is 14. The number of carbonyl (C=O) groups excluding carboxylic acids is 4. The van der Waals surface area contributed by atoms with Crippen molar-refractivity contribution in [3.63, 3.8) is 0 Å². The Kier molecular flexibility index (Phi) is 16.0. The first-order valence-electron chi connectivity index (χ1n) is 22.1. The van der Waals surface area contributed by atoms with E-state index in [0.29, 0.717) is 100 Å². The molecule has 6 rings (SSSR count). The van der Waals surface area contributed by atoms with E-state index in [0.717, 1.165) is 25.7 Å². The van der Waals surface area contributed by atoms with E-state index in [-0.39, 0.29) is 54.2 Å². The van der Waals surface area contributed by atoms with Gasteiger partial charge in [0.1, 0.15) is 11.4 Å². The van der Waals surface area contributed by atoms with Gasteiger partial charge in [0.15, 0.2) is 0 Å². The maximum absolute atomic E-state index is 15.0. The van der Waals surface area contributed by atoms with Gasteiger partial charge < -0.3 is 29.3 Å². The number of nitrogens with zero attached hydrogens (tertiary/aromatic N) is 6. The molecule has 3 aromatic rings. The number of hydrogen-bond donors (Lipinski definition) is 2. The highest BCUT2D eigenvalue weighted by molar-refractivity contribution is 5.97. The van der Waals surface area contributed by atoms with Gasteiger partial charge in [-0.05, 0) is 89.0 Å². The molecule has 4 amide bonds. The summed E-state index contributed by atoms with van der Waals surface area (Å²) in [5.74, 6) is -1.93. The molecule has 0 spiro atoms. The number of piperazine rings is 1. The Morgan fingerprint density at radius 3 is 2.19 bits per heavy atom. The monoisotopic (exact) mass is 859 g/mol. The molecule has 3 aliphatic rings. The number of hydrogen-bond acceptors (Lipinski definition) is 10. The molecular weight excluding hydrogens is 798 g/mol. The Morgan fingerprint density at radius 2 is 1.55 bits per heavy atom. The quantitative estimate of drug-likeness (QED) is 0.214. The zero-order valence-electron chi connectivity index (χ0n) is 36.5. The fourth-order valence-corrected chi connectivity index (χ4v) is 8.72. The molecule has 0 saturated carbocycles. The van der Waals surface area contributed by atoms with E-state index in [1.807, 2.05) is 24.0 Å². The summed E-state index contributed by atoms with van der Waals surface area (Å²) in [5, 5.41) is 17.7. The first-order chi connectivity index (χ1) is 29.7. The summed E-state index contributed by atoms with van der Waals surface area (Å²) in [7, 11) is 0. The van der Waals surface area contributed by atoms with Gasteiger partial charge in [0.25, 0.3) is 11.5 Å². The van der Waals surface area contributed by atoms with Gasteiger partial charge in [-0.2, -0.15) is 10.1 Å². The fourth-order valence-electron chi connectivity index (χ4n) is 8.72. The molecule has 3 aliphatic heterocycles. The molecule has 2 atom stereocenters. The van der Waals surface area contributed by atoms with Crippen LogP contribution in [-0.4, -0.2) is 148 Å². The SMILES string of the molecule is CCCC(CCO)C(/C=N/C(=O)OC(C)(C)C)C(=O)N1CCC(OC2CCN(CC(=O)N3CCN(C(=O)c4cc(Cc5n[nH]c(=O)c6ccccc56)ccc4F)CC3)CC2)CC1. The van der Waals surface area contributed by atoms with Crippen molar-refractivity contribution in [2.45, 2.75) is 96.9 Å². The molecule has 16 heteroatoms. The van der Waals surface area contributed by atoms with Crippen LogP contribution in [0, 0.1) is 17.7 Å². The maximum atomic E-state index is 15.0. The Bertz CT molecular complexity index is 2110. The highest BCUT2D eigenvalue weighted by Gasteiger charge is 2.35. The molecule has 0 aliphatic carbocycles. The third kappa shape index (κ3) is 12.3. The van der Waals surface area contributed by atoms with Crippen LogP contribution in [0.4, 0.5) is 9.18 Å². The van der Waals surface area contributed by atoms with Crippen LogP contribution in [0.25, 0.3) is 10.8 Å². The molecule has 1 aromatic heterocycles. The smallest absolute Gasteiger partial charge is 0.433 e. The van der Waals surface area contributed by atoms with Crippen LogP contribution in [0.5, 0.6) is 0 Å². The van der Waals surface area contributed by atoms with Crippen molar-refractivity contribution in [3.8, 4) is 0 Å². The molecule has 0 radical (unpaired) electrons. The van der Waals surface area contributed by atoms with Crippen molar-refractivity contribution in [2.75, 3.05) is 65.5 Å². The van der Waals surface area contributed by atoms with Crippen molar-refractivity contribution < 1.29 is 38.1 Å². The lowest BCUT2D eigenvalue weighted by Gasteiger charge is -2.39. The van der Waals surface area contributed by atoms with Crippen LogP contribution < -0.4 is 5.56 Å². The van der Waals surface area contributed by atoms with Crippen molar-refractivity contribution in [1.29, 1.82) is 0 Å². The molecule has 2 unspecified atom stereocenters. The van der Waals surface area contributed by atoms with Gasteiger partial charge in [-0.15, -0.1) is 0 Å². The number of likely N-dealkylation sites (tertiary alicyclic amines) is 2. The highest BCUT2D eigenvalue weighted by atomic mass is 19.1. The number of aromatic amines is 1. The Balaban J connectivity index is 0.926. The molecule has 4 heterocycles. The van der Waals surface area contributed by atoms with E-state index < -0.39 is 29.3 Å². The van der Waals surface area contributed by atoms with E-state index >= 15 is 4.39 Å². The maximum Gasteiger partial charge on any atom is 0.433 e. The van der Waals surface area contributed by atoms with Gasteiger partial charge in [0, 0.05) is 77.0 Å². The first-order valence-corrected chi connectivity index (χ1v) is 22.1. The molecule has 2 N–H and O–H groups in total. The summed E-state index contributed by atoms with van der Waals surface area (Å²) in [6, 6.07) is 11.6. The number of ether oxygens (including phenoxy) is 2. The molecule has 15 nitrogen and oxygen atoms in total. The fraction of sp³-hybridized carbons (Fsp3) is 0.587.